The van der Waals surface area contributed by atoms with Gasteiger partial charge >= 0.3 is 6.18 Å². The molecule has 2 N–H and O–H groups in total. The van der Waals surface area contributed by atoms with Crippen LogP contribution in [0.1, 0.15) is 23.3 Å². The molecule has 1 heterocycles. The van der Waals surface area contributed by atoms with Crippen molar-refractivity contribution in [1.82, 2.24) is 4.98 Å². The molecular formula is C19H17F3N2O3. The van der Waals surface area contributed by atoms with Gasteiger partial charge in [0.1, 0.15) is 11.3 Å². The molecule has 0 saturated heterocycles. The molecular weight excluding hydrogens is 361 g/mol. The molecule has 0 aliphatic rings. The zero-order valence-electron chi connectivity index (χ0n) is 13.5. The first kappa shape index (κ1) is 20.0. The first-order chi connectivity index (χ1) is 12.3. The van der Waals surface area contributed by atoms with Crippen molar-refractivity contribution in [2.75, 3.05) is 12.4 Å². The number of aromatic hydroxyl groups is 1. The van der Waals surface area contributed by atoms with Gasteiger partial charge in [0.05, 0.1) is 23.9 Å². The van der Waals surface area contributed by atoms with Crippen LogP contribution in [0.2, 0.25) is 0 Å². The third-order valence-corrected chi connectivity index (χ3v) is 3.77. The summed E-state index contributed by atoms with van der Waals surface area (Å²) in [6, 6.07) is 9.07. The summed E-state index contributed by atoms with van der Waals surface area (Å²) >= 11 is 0. The molecule has 0 bridgehead atoms. The second kappa shape index (κ2) is 7.53. The van der Waals surface area contributed by atoms with Gasteiger partial charge in [0.15, 0.2) is 5.75 Å². The molecule has 27 heavy (non-hydrogen) atoms. The zero-order valence-corrected chi connectivity index (χ0v) is 13.5. The van der Waals surface area contributed by atoms with Crippen molar-refractivity contribution in [2.45, 2.75) is 13.6 Å². The molecule has 2 aromatic carbocycles. The summed E-state index contributed by atoms with van der Waals surface area (Å²) in [5.74, 6) is -1.08. The lowest BCUT2D eigenvalue weighted by Gasteiger charge is -2.14. The lowest BCUT2D eigenvalue weighted by Crippen LogP contribution is -2.14. The number of phenols is 1. The minimum atomic E-state index is -4.57. The van der Waals surface area contributed by atoms with Gasteiger partial charge in [-0.1, -0.05) is 19.6 Å². The highest BCUT2D eigenvalue weighted by molar-refractivity contribution is 6.09. The highest BCUT2D eigenvalue weighted by Gasteiger charge is 2.31. The Morgan fingerprint density at radius 1 is 1.19 bits per heavy atom. The molecule has 0 saturated carbocycles. The van der Waals surface area contributed by atoms with Gasteiger partial charge in [-0.3, -0.25) is 9.78 Å². The van der Waals surface area contributed by atoms with E-state index in [1.165, 1.54) is 19.4 Å². The molecule has 0 aliphatic heterocycles. The van der Waals surface area contributed by atoms with E-state index in [1.54, 1.807) is 18.2 Å². The number of rotatable bonds is 3. The second-order valence-electron chi connectivity index (χ2n) is 5.40. The molecule has 142 valence electrons. The highest BCUT2D eigenvalue weighted by Crippen LogP contribution is 2.35. The Hall–Kier alpha value is -3.29. The Bertz CT molecular complexity index is 988. The number of hydrogen-bond acceptors (Lipinski definition) is 4. The van der Waals surface area contributed by atoms with Crippen LogP contribution >= 0.6 is 0 Å². The van der Waals surface area contributed by atoms with Crippen molar-refractivity contribution in [3.8, 4) is 11.5 Å². The molecule has 1 aromatic heterocycles. The summed E-state index contributed by atoms with van der Waals surface area (Å²) < 4.78 is 43.7. The molecule has 5 nitrogen and oxygen atoms in total. The van der Waals surface area contributed by atoms with Crippen LogP contribution < -0.4 is 10.1 Å². The number of aromatic nitrogens is 1. The Morgan fingerprint density at radius 3 is 2.59 bits per heavy atom. The third kappa shape index (κ3) is 3.94. The number of alkyl halides is 3. The van der Waals surface area contributed by atoms with E-state index in [0.717, 1.165) is 18.2 Å². The summed E-state index contributed by atoms with van der Waals surface area (Å²) in [5, 5.41) is 13.2. The quantitative estimate of drug-likeness (QED) is 0.683. The van der Waals surface area contributed by atoms with Crippen molar-refractivity contribution in [2.24, 2.45) is 0 Å². The molecule has 0 spiro atoms. The van der Waals surface area contributed by atoms with Crippen molar-refractivity contribution in [1.29, 1.82) is 0 Å². The monoisotopic (exact) mass is 378 g/mol. The van der Waals surface area contributed by atoms with Crippen LogP contribution in [0, 0.1) is 0 Å². The van der Waals surface area contributed by atoms with E-state index >= 15 is 0 Å². The molecule has 8 heteroatoms. The fourth-order valence-electron chi connectivity index (χ4n) is 2.48. The van der Waals surface area contributed by atoms with Crippen molar-refractivity contribution < 1.29 is 27.8 Å². The lowest BCUT2D eigenvalue weighted by atomic mass is 10.1. The van der Waals surface area contributed by atoms with Gasteiger partial charge < -0.3 is 15.2 Å². The Morgan fingerprint density at radius 2 is 1.93 bits per heavy atom. The van der Waals surface area contributed by atoms with Crippen LogP contribution in [0.25, 0.3) is 10.9 Å². The summed E-state index contributed by atoms with van der Waals surface area (Å²) in [6.07, 6.45) is -3.11. The molecule has 0 fully saturated rings. The number of anilines is 1. The molecule has 3 rings (SSSR count). The maximum Gasteiger partial charge on any atom is 0.416 e. The van der Waals surface area contributed by atoms with E-state index in [-0.39, 0.29) is 35.7 Å². The summed E-state index contributed by atoms with van der Waals surface area (Å²) in [5.41, 5.74) is -0.988. The summed E-state index contributed by atoms with van der Waals surface area (Å²) in [7, 11) is 1.27. The number of carbonyl (C=O) groups excluding carboxylic acids is 1. The number of fused-ring (bicyclic) bond motifs is 1. The fraction of sp³-hybridized carbons (Fsp3) is 0.158. The number of pyridine rings is 1. The van der Waals surface area contributed by atoms with E-state index in [2.05, 4.69) is 10.3 Å². The third-order valence-electron chi connectivity index (χ3n) is 3.77. The summed E-state index contributed by atoms with van der Waals surface area (Å²) in [4.78, 5) is 16.5. The number of phenolic OH excluding ortho intramolecular Hbond substituents is 1. The topological polar surface area (TPSA) is 71.5 Å². The molecule has 3 aromatic rings. The number of hydrogen-bond donors (Lipinski definition) is 2. The van der Waals surface area contributed by atoms with Crippen LogP contribution in [0.3, 0.4) is 0 Å². The van der Waals surface area contributed by atoms with Gasteiger partial charge in [0.2, 0.25) is 0 Å². The Labute approximate surface area is 153 Å². The zero-order chi connectivity index (χ0) is 18.9. The van der Waals surface area contributed by atoms with Crippen molar-refractivity contribution >= 4 is 22.5 Å². The molecule has 0 unspecified atom stereocenters. The highest BCUT2D eigenvalue weighted by atomic mass is 19.4. The van der Waals surface area contributed by atoms with E-state index in [0.29, 0.717) is 5.39 Å². The number of ether oxygens (including phenoxy) is 1. The van der Waals surface area contributed by atoms with Crippen LogP contribution in [-0.2, 0) is 6.18 Å². The molecule has 0 atom stereocenters. The van der Waals surface area contributed by atoms with Crippen LogP contribution in [0.4, 0.5) is 18.9 Å². The maximum atomic E-state index is 12.9. The standard InChI is InChI=1S/C18H13F3N2O3.CH4/c1-26-14-7-5-11(18(19,20)21)9-13(14)23-17(25)12-6-4-10-3-2-8-22-15(10)16(12)24;/h2-9,24H,1H3,(H,23,25);1H4. The summed E-state index contributed by atoms with van der Waals surface area (Å²) in [6.45, 7) is 0. The lowest BCUT2D eigenvalue weighted by molar-refractivity contribution is -0.137. The van der Waals surface area contributed by atoms with Crippen LogP contribution in [0.5, 0.6) is 11.5 Å². The van der Waals surface area contributed by atoms with E-state index in [1.807, 2.05) is 0 Å². The van der Waals surface area contributed by atoms with E-state index in [4.69, 9.17) is 4.74 Å². The number of carbonyl (C=O) groups is 1. The molecule has 0 aliphatic carbocycles. The maximum absolute atomic E-state index is 12.9. The Kier molecular flexibility index (Phi) is 5.58. The fourth-order valence-corrected chi connectivity index (χ4v) is 2.48. The van der Waals surface area contributed by atoms with Gasteiger partial charge in [-0.25, -0.2) is 0 Å². The van der Waals surface area contributed by atoms with Crippen molar-refractivity contribution in [3.05, 3.63) is 59.8 Å². The average molecular weight is 378 g/mol. The van der Waals surface area contributed by atoms with E-state index < -0.39 is 17.6 Å². The van der Waals surface area contributed by atoms with Gasteiger partial charge in [-0.2, -0.15) is 13.2 Å². The number of nitrogens with zero attached hydrogens (tertiary/aromatic N) is 1. The van der Waals surface area contributed by atoms with Crippen LogP contribution in [0.15, 0.2) is 48.7 Å². The second-order valence-corrected chi connectivity index (χ2v) is 5.40. The van der Waals surface area contributed by atoms with Crippen molar-refractivity contribution in [3.63, 3.8) is 0 Å². The van der Waals surface area contributed by atoms with Gasteiger partial charge in [0.25, 0.3) is 5.91 Å². The minimum absolute atomic E-state index is 0. The molecule has 0 radical (unpaired) electrons. The number of methoxy groups -OCH3 is 1. The Balaban J connectivity index is 0.00000261. The minimum Gasteiger partial charge on any atom is -0.505 e. The number of amides is 1. The first-order valence-corrected chi connectivity index (χ1v) is 7.44. The average Bonchev–Trinajstić information content (AvgIpc) is 2.61. The van der Waals surface area contributed by atoms with Gasteiger partial charge in [0, 0.05) is 11.6 Å². The SMILES string of the molecule is C.COc1ccc(C(F)(F)F)cc1NC(=O)c1ccc2cccnc2c1O. The molecule has 1 amide bonds. The van der Waals surface area contributed by atoms with Gasteiger partial charge in [-0.05, 0) is 30.3 Å². The predicted octanol–water partition coefficient (Wildman–Crippen LogP) is 4.86. The number of benzene rings is 2. The number of halogens is 3. The largest absolute Gasteiger partial charge is 0.505 e. The smallest absolute Gasteiger partial charge is 0.416 e. The predicted molar refractivity (Wildman–Crippen MR) is 96.1 cm³/mol. The van der Waals surface area contributed by atoms with Gasteiger partial charge in [-0.15, -0.1) is 0 Å². The van der Waals surface area contributed by atoms with Crippen LogP contribution in [-0.4, -0.2) is 23.1 Å². The first-order valence-electron chi connectivity index (χ1n) is 7.44. The normalized spacial score (nSPS) is 11.0. The number of nitrogens with one attached hydrogen (secondary N) is 1. The van der Waals surface area contributed by atoms with E-state index in [9.17, 15) is 23.1 Å².